The molecular weight excluding hydrogens is 266 g/mol. The van der Waals surface area contributed by atoms with Gasteiger partial charge in [0.1, 0.15) is 0 Å². The van der Waals surface area contributed by atoms with Gasteiger partial charge in [-0.25, -0.2) is 0 Å². The van der Waals surface area contributed by atoms with E-state index in [2.05, 4.69) is 22.0 Å². The minimum Gasteiger partial charge on any atom is -0.381 e. The molecule has 0 radical (unpaired) electrons. The van der Waals surface area contributed by atoms with Gasteiger partial charge in [0.2, 0.25) is 5.91 Å². The van der Waals surface area contributed by atoms with Crippen LogP contribution in [0.4, 0.5) is 0 Å². The van der Waals surface area contributed by atoms with Gasteiger partial charge in [0.15, 0.2) is 0 Å². The number of hydrogen-bond donors (Lipinski definition) is 1. The van der Waals surface area contributed by atoms with Crippen LogP contribution in [0.25, 0.3) is 0 Å². The molecule has 3 fully saturated rings. The molecule has 3 rings (SSSR count). The van der Waals surface area contributed by atoms with E-state index >= 15 is 0 Å². The number of amides is 1. The van der Waals surface area contributed by atoms with Crippen molar-refractivity contribution in [1.29, 1.82) is 0 Å². The lowest BCUT2D eigenvalue weighted by molar-refractivity contribution is -0.150. The van der Waals surface area contributed by atoms with E-state index in [-0.39, 0.29) is 5.41 Å². The van der Waals surface area contributed by atoms with E-state index in [1.54, 1.807) is 0 Å². The lowest BCUT2D eigenvalue weighted by Crippen LogP contribution is -2.56. The molecule has 5 heteroatoms. The number of rotatable bonds is 3. The van der Waals surface area contributed by atoms with Gasteiger partial charge in [0.25, 0.3) is 0 Å². The monoisotopic (exact) mass is 295 g/mol. The Hall–Kier alpha value is -0.650. The third-order valence-corrected chi connectivity index (χ3v) is 5.73. The second-order valence-corrected chi connectivity index (χ2v) is 6.72. The lowest BCUT2D eigenvalue weighted by Gasteiger charge is -2.43. The predicted octanol–water partition coefficient (Wildman–Crippen LogP) is 0.699. The van der Waals surface area contributed by atoms with Gasteiger partial charge in [-0.15, -0.1) is 0 Å². The van der Waals surface area contributed by atoms with Crippen molar-refractivity contribution < 1.29 is 9.53 Å². The molecule has 3 heterocycles. The first-order valence-corrected chi connectivity index (χ1v) is 8.57. The number of hydrogen-bond acceptors (Lipinski definition) is 4. The minimum absolute atomic E-state index is 0.144. The van der Waals surface area contributed by atoms with Crippen molar-refractivity contribution in [3.8, 4) is 0 Å². The first kappa shape index (κ1) is 15.3. The first-order valence-electron chi connectivity index (χ1n) is 8.57. The van der Waals surface area contributed by atoms with Crippen molar-refractivity contribution in [3.63, 3.8) is 0 Å². The normalized spacial score (nSPS) is 30.5. The van der Waals surface area contributed by atoms with Crippen LogP contribution >= 0.6 is 0 Å². The summed E-state index contributed by atoms with van der Waals surface area (Å²) >= 11 is 0. The van der Waals surface area contributed by atoms with Gasteiger partial charge >= 0.3 is 0 Å². The van der Waals surface area contributed by atoms with Crippen molar-refractivity contribution in [2.24, 2.45) is 5.41 Å². The Kier molecular flexibility index (Phi) is 4.82. The van der Waals surface area contributed by atoms with Crippen LogP contribution in [-0.4, -0.2) is 74.2 Å². The molecule has 3 saturated heterocycles. The fourth-order valence-corrected chi connectivity index (χ4v) is 4.06. The Morgan fingerprint density at radius 3 is 2.52 bits per heavy atom. The number of nitrogens with one attached hydrogen (secondary N) is 1. The molecule has 0 aromatic carbocycles. The molecule has 1 unspecified atom stereocenters. The SMILES string of the molecule is CCC1(C(=O)N2CCN(C3CCNC3)CC2)CCOCC1. The van der Waals surface area contributed by atoms with Gasteiger partial charge < -0.3 is 15.0 Å². The maximum Gasteiger partial charge on any atom is 0.229 e. The average molecular weight is 295 g/mol. The summed E-state index contributed by atoms with van der Waals surface area (Å²) in [4.78, 5) is 17.7. The van der Waals surface area contributed by atoms with Crippen LogP contribution in [0.15, 0.2) is 0 Å². The fourth-order valence-electron chi connectivity index (χ4n) is 4.06. The molecule has 5 nitrogen and oxygen atoms in total. The summed E-state index contributed by atoms with van der Waals surface area (Å²) < 4.78 is 5.46. The number of ether oxygens (including phenoxy) is 1. The van der Waals surface area contributed by atoms with Gasteiger partial charge in [-0.1, -0.05) is 6.92 Å². The van der Waals surface area contributed by atoms with Crippen molar-refractivity contribution in [3.05, 3.63) is 0 Å². The Balaban J connectivity index is 1.56. The van der Waals surface area contributed by atoms with E-state index in [4.69, 9.17) is 4.74 Å². The molecule has 1 amide bonds. The predicted molar refractivity (Wildman–Crippen MR) is 82.2 cm³/mol. The van der Waals surface area contributed by atoms with Crippen LogP contribution in [0, 0.1) is 5.41 Å². The quantitative estimate of drug-likeness (QED) is 0.832. The molecule has 120 valence electrons. The molecule has 1 atom stereocenters. The molecule has 3 aliphatic rings. The Morgan fingerprint density at radius 1 is 1.24 bits per heavy atom. The minimum atomic E-state index is -0.144. The second-order valence-electron chi connectivity index (χ2n) is 6.72. The van der Waals surface area contributed by atoms with Crippen LogP contribution < -0.4 is 5.32 Å². The summed E-state index contributed by atoms with van der Waals surface area (Å²) in [5.41, 5.74) is -0.144. The summed E-state index contributed by atoms with van der Waals surface area (Å²) in [6.07, 6.45) is 4.00. The van der Waals surface area contributed by atoms with Crippen LogP contribution in [0.3, 0.4) is 0 Å². The first-order chi connectivity index (χ1) is 10.2. The molecule has 21 heavy (non-hydrogen) atoms. The Morgan fingerprint density at radius 2 is 1.95 bits per heavy atom. The summed E-state index contributed by atoms with van der Waals surface area (Å²) in [6.45, 7) is 9.77. The Bertz CT molecular complexity index is 355. The van der Waals surface area contributed by atoms with E-state index < -0.39 is 0 Å². The highest BCUT2D eigenvalue weighted by molar-refractivity contribution is 5.83. The standard InChI is InChI=1S/C16H29N3O2/c1-2-16(4-11-21-12-5-16)15(20)19-9-7-18(8-10-19)14-3-6-17-13-14/h14,17H,2-13H2,1H3. The molecule has 0 bridgehead atoms. The third-order valence-electron chi connectivity index (χ3n) is 5.73. The average Bonchev–Trinajstić information content (AvgIpc) is 3.09. The smallest absolute Gasteiger partial charge is 0.229 e. The van der Waals surface area contributed by atoms with Gasteiger partial charge in [0, 0.05) is 52.0 Å². The van der Waals surface area contributed by atoms with Crippen LogP contribution in [0.2, 0.25) is 0 Å². The van der Waals surface area contributed by atoms with Gasteiger partial charge in [-0.3, -0.25) is 9.69 Å². The van der Waals surface area contributed by atoms with Crippen LogP contribution in [0.1, 0.15) is 32.6 Å². The summed E-state index contributed by atoms with van der Waals surface area (Å²) in [7, 11) is 0. The highest BCUT2D eigenvalue weighted by Gasteiger charge is 2.41. The molecule has 3 aliphatic heterocycles. The second kappa shape index (κ2) is 6.63. The van der Waals surface area contributed by atoms with Crippen molar-refractivity contribution in [1.82, 2.24) is 15.1 Å². The highest BCUT2D eigenvalue weighted by atomic mass is 16.5. The lowest BCUT2D eigenvalue weighted by atomic mass is 9.76. The molecule has 0 aromatic heterocycles. The van der Waals surface area contributed by atoms with Crippen molar-refractivity contribution >= 4 is 5.91 Å². The number of nitrogens with zero attached hydrogens (tertiary/aromatic N) is 2. The zero-order chi connectivity index (χ0) is 14.7. The van der Waals surface area contributed by atoms with E-state index in [0.717, 1.165) is 71.7 Å². The summed E-state index contributed by atoms with van der Waals surface area (Å²) in [6, 6.07) is 0.686. The molecule has 0 aromatic rings. The maximum absolute atomic E-state index is 13.0. The maximum atomic E-state index is 13.0. The third kappa shape index (κ3) is 3.10. The van der Waals surface area contributed by atoms with E-state index in [1.807, 2.05) is 0 Å². The van der Waals surface area contributed by atoms with Crippen molar-refractivity contribution in [2.45, 2.75) is 38.6 Å². The zero-order valence-corrected chi connectivity index (χ0v) is 13.3. The molecule has 0 spiro atoms. The van der Waals surface area contributed by atoms with Gasteiger partial charge in [0.05, 0.1) is 5.41 Å². The Labute approximate surface area is 128 Å². The molecule has 0 saturated carbocycles. The largest absolute Gasteiger partial charge is 0.381 e. The van der Waals surface area contributed by atoms with Crippen LogP contribution in [0.5, 0.6) is 0 Å². The fraction of sp³-hybridized carbons (Fsp3) is 0.938. The van der Waals surface area contributed by atoms with Gasteiger partial charge in [-0.2, -0.15) is 0 Å². The summed E-state index contributed by atoms with van der Waals surface area (Å²) in [5.74, 6) is 0.387. The number of carbonyl (C=O) groups is 1. The topological polar surface area (TPSA) is 44.8 Å². The van der Waals surface area contributed by atoms with E-state index in [1.165, 1.54) is 6.42 Å². The van der Waals surface area contributed by atoms with E-state index in [9.17, 15) is 4.79 Å². The number of carbonyl (C=O) groups excluding carboxylic acids is 1. The van der Waals surface area contributed by atoms with Crippen LogP contribution in [-0.2, 0) is 9.53 Å². The van der Waals surface area contributed by atoms with Gasteiger partial charge in [-0.05, 0) is 32.2 Å². The van der Waals surface area contributed by atoms with Crippen molar-refractivity contribution in [2.75, 3.05) is 52.5 Å². The number of piperazine rings is 1. The zero-order valence-electron chi connectivity index (χ0n) is 13.3. The highest BCUT2D eigenvalue weighted by Crippen LogP contribution is 2.36. The molecule has 1 N–H and O–H groups in total. The van der Waals surface area contributed by atoms with E-state index in [0.29, 0.717) is 11.9 Å². The molecular formula is C16H29N3O2. The molecule has 0 aliphatic carbocycles. The summed E-state index contributed by atoms with van der Waals surface area (Å²) in [5, 5.41) is 3.43.